The Balaban J connectivity index is 2.87. The summed E-state index contributed by atoms with van der Waals surface area (Å²) >= 11 is 0. The second-order valence-corrected chi connectivity index (χ2v) is 20.6. The van der Waals surface area contributed by atoms with E-state index in [4.69, 9.17) is 4.74 Å². The van der Waals surface area contributed by atoms with Crippen molar-refractivity contribution in [2.75, 3.05) is 21.1 Å². The molecule has 1 saturated carbocycles. The molecule has 0 spiro atoms. The molecule has 0 bridgehead atoms. The van der Waals surface area contributed by atoms with Gasteiger partial charge in [-0.3, -0.25) is 28.8 Å². The van der Waals surface area contributed by atoms with E-state index in [9.17, 15) is 38.8 Å². The van der Waals surface area contributed by atoms with E-state index >= 15 is 0 Å². The highest BCUT2D eigenvalue weighted by molar-refractivity contribution is 5.97. The minimum Gasteiger partial charge on any atom is -0.451 e. The summed E-state index contributed by atoms with van der Waals surface area (Å²) in [6.45, 7) is 19.0. The van der Waals surface area contributed by atoms with Gasteiger partial charge in [0.05, 0.1) is 6.07 Å². The second kappa shape index (κ2) is 25.9. The third kappa shape index (κ3) is 17.7. The Bertz CT molecular complexity index is 1580. The molecule has 358 valence electrons. The van der Waals surface area contributed by atoms with Crippen LogP contribution in [0.25, 0.3) is 0 Å². The van der Waals surface area contributed by atoms with Crippen LogP contribution in [0.1, 0.15) is 166 Å². The Kier molecular flexibility index (Phi) is 22.6. The minimum absolute atomic E-state index is 0.0193. The SMILES string of the molecule is CCCC[C@@H](C)C[C@@H]1NC(=O)[C@H](CC2CCCCC2)N(C)C(=O)C(CC(C)C)NC(=O)[C@H](CC(C)C)N(C)C(=O)[C@H](CC(C)(C)C)NC(=O)C(CCC#N)OC(=O)[C@H](C)N(C)C1=O. The number of ether oxygens (including phenoxy) is 1. The molecule has 15 nitrogen and oxygen atoms in total. The van der Waals surface area contributed by atoms with Crippen molar-refractivity contribution in [1.29, 1.82) is 5.26 Å². The minimum atomic E-state index is -1.48. The van der Waals surface area contributed by atoms with Gasteiger partial charge in [0.2, 0.25) is 29.5 Å². The third-order valence-corrected chi connectivity index (χ3v) is 12.6. The Labute approximate surface area is 378 Å². The summed E-state index contributed by atoms with van der Waals surface area (Å²) in [5, 5.41) is 18.3. The van der Waals surface area contributed by atoms with E-state index in [1.54, 1.807) is 7.05 Å². The Morgan fingerprint density at radius 2 is 1.22 bits per heavy atom. The van der Waals surface area contributed by atoms with Crippen LogP contribution < -0.4 is 16.0 Å². The quantitative estimate of drug-likeness (QED) is 0.178. The van der Waals surface area contributed by atoms with Crippen LogP contribution in [0.5, 0.6) is 0 Å². The topological polar surface area (TPSA) is 198 Å². The fourth-order valence-electron chi connectivity index (χ4n) is 8.74. The zero-order valence-corrected chi connectivity index (χ0v) is 41.0. The standard InChI is InChI=1S/C48H83N7O8/c1-14-15-20-32(6)27-36-44(59)53(11)33(7)47(62)63-40(23-19-24-49)43(58)52-37(29-48(8,9)10)46(61)54(12)38(26-31(4)5)41(56)50-35(25-30(2)3)45(60)55(13)39(42(57)51-36)28-34-21-17-16-18-22-34/h30-40H,14-23,25-29H2,1-13H3,(H,50,56)(H,51,57)(H,52,58)/t32-,33+,35?,36+,37+,38+,39+,40?/m1/s1. The van der Waals surface area contributed by atoms with Gasteiger partial charge in [0, 0.05) is 34.0 Å². The number of likely N-dealkylation sites (N-methyl/N-ethyl adjacent to an activating group) is 3. The lowest BCUT2D eigenvalue weighted by molar-refractivity contribution is -0.163. The molecule has 1 aliphatic heterocycles. The van der Waals surface area contributed by atoms with Gasteiger partial charge in [-0.2, -0.15) is 5.26 Å². The van der Waals surface area contributed by atoms with Gasteiger partial charge in [-0.1, -0.05) is 114 Å². The van der Waals surface area contributed by atoms with Crippen molar-refractivity contribution >= 4 is 41.4 Å². The average Bonchev–Trinajstić information content (AvgIpc) is 3.21. The molecule has 3 N–H and O–H groups in total. The normalized spacial score (nSPS) is 26.8. The number of cyclic esters (lactones) is 1. The van der Waals surface area contributed by atoms with Crippen molar-refractivity contribution in [3.8, 4) is 6.07 Å². The number of rotatable bonds is 14. The molecule has 2 unspecified atom stereocenters. The molecule has 63 heavy (non-hydrogen) atoms. The van der Waals surface area contributed by atoms with Gasteiger partial charge >= 0.3 is 5.97 Å². The third-order valence-electron chi connectivity index (χ3n) is 12.6. The van der Waals surface area contributed by atoms with Crippen LogP contribution >= 0.6 is 0 Å². The van der Waals surface area contributed by atoms with E-state index in [2.05, 4.69) is 22.9 Å². The highest BCUT2D eigenvalue weighted by Gasteiger charge is 2.41. The molecule has 1 heterocycles. The van der Waals surface area contributed by atoms with Crippen molar-refractivity contribution in [2.24, 2.45) is 29.1 Å². The zero-order chi connectivity index (χ0) is 47.8. The predicted octanol–water partition coefficient (Wildman–Crippen LogP) is 5.89. The lowest BCUT2D eigenvalue weighted by atomic mass is 9.84. The number of amides is 6. The van der Waals surface area contributed by atoms with Gasteiger partial charge in [-0.15, -0.1) is 0 Å². The van der Waals surface area contributed by atoms with Crippen LogP contribution in [0.15, 0.2) is 0 Å². The van der Waals surface area contributed by atoms with Crippen molar-refractivity contribution in [2.45, 2.75) is 208 Å². The Morgan fingerprint density at radius 3 is 1.76 bits per heavy atom. The van der Waals surface area contributed by atoms with E-state index in [0.29, 0.717) is 6.42 Å². The van der Waals surface area contributed by atoms with Gasteiger partial charge in [-0.25, -0.2) is 4.79 Å². The summed E-state index contributed by atoms with van der Waals surface area (Å²) < 4.78 is 5.77. The van der Waals surface area contributed by atoms with Crippen molar-refractivity contribution in [3.05, 3.63) is 0 Å². The maximum Gasteiger partial charge on any atom is 0.329 e. The number of nitriles is 1. The fraction of sp³-hybridized carbons (Fsp3) is 0.833. The molecule has 0 radical (unpaired) electrons. The first-order valence-corrected chi connectivity index (χ1v) is 23.7. The van der Waals surface area contributed by atoms with Crippen molar-refractivity contribution in [1.82, 2.24) is 30.7 Å². The lowest BCUT2D eigenvalue weighted by Crippen LogP contribution is -2.60. The smallest absolute Gasteiger partial charge is 0.329 e. The molecule has 2 aliphatic rings. The summed E-state index contributed by atoms with van der Waals surface area (Å²) in [6.07, 6.45) is 7.11. The molecule has 8 atom stereocenters. The molecule has 6 amide bonds. The number of hydrogen-bond donors (Lipinski definition) is 3. The number of hydrogen-bond acceptors (Lipinski definition) is 9. The van der Waals surface area contributed by atoms with Crippen LogP contribution in [0, 0.1) is 40.4 Å². The first kappa shape index (κ1) is 54.9. The number of carbonyl (C=O) groups is 7. The Hall–Kier alpha value is -4.22. The first-order chi connectivity index (χ1) is 29.4. The molecule has 0 aromatic rings. The highest BCUT2D eigenvalue weighted by atomic mass is 16.5. The lowest BCUT2D eigenvalue weighted by Gasteiger charge is -2.37. The molecular formula is C48H83N7O8. The van der Waals surface area contributed by atoms with E-state index in [1.165, 1.54) is 35.7 Å². The fourth-order valence-corrected chi connectivity index (χ4v) is 8.74. The predicted molar refractivity (Wildman–Crippen MR) is 243 cm³/mol. The largest absolute Gasteiger partial charge is 0.451 e. The Morgan fingerprint density at radius 1 is 0.714 bits per heavy atom. The van der Waals surface area contributed by atoms with Crippen LogP contribution in [0.3, 0.4) is 0 Å². The summed E-state index contributed by atoms with van der Waals surface area (Å²) in [7, 11) is 4.53. The summed E-state index contributed by atoms with van der Waals surface area (Å²) in [4.78, 5) is 105. The average molecular weight is 886 g/mol. The maximum absolute atomic E-state index is 14.8. The van der Waals surface area contributed by atoms with Gasteiger partial charge in [0.1, 0.15) is 36.3 Å². The van der Waals surface area contributed by atoms with E-state index in [-0.39, 0.29) is 62.2 Å². The monoisotopic (exact) mass is 886 g/mol. The van der Waals surface area contributed by atoms with Crippen molar-refractivity contribution < 1.29 is 38.3 Å². The molecule has 2 rings (SSSR count). The number of esters is 1. The maximum atomic E-state index is 14.8. The van der Waals surface area contributed by atoms with E-state index < -0.39 is 89.2 Å². The van der Waals surface area contributed by atoms with Crippen LogP contribution in [-0.2, 0) is 38.3 Å². The van der Waals surface area contributed by atoms with Crippen LogP contribution in [0.2, 0.25) is 0 Å². The summed E-state index contributed by atoms with van der Waals surface area (Å²) in [5.74, 6) is -4.20. The highest BCUT2D eigenvalue weighted by Crippen LogP contribution is 2.30. The number of carbonyl (C=O) groups excluding carboxylic acids is 7. The van der Waals surface area contributed by atoms with Gasteiger partial charge in [0.15, 0.2) is 6.10 Å². The molecule has 15 heteroatoms. The van der Waals surface area contributed by atoms with Gasteiger partial charge < -0.3 is 35.4 Å². The van der Waals surface area contributed by atoms with Crippen molar-refractivity contribution in [3.63, 3.8) is 0 Å². The zero-order valence-electron chi connectivity index (χ0n) is 41.0. The molecule has 1 aliphatic carbocycles. The van der Waals surface area contributed by atoms with E-state index in [1.807, 2.05) is 61.5 Å². The molecule has 2 fully saturated rings. The molecule has 0 aromatic carbocycles. The van der Waals surface area contributed by atoms with Crippen LogP contribution in [-0.4, -0.2) is 120 Å². The second-order valence-electron chi connectivity index (χ2n) is 20.6. The van der Waals surface area contributed by atoms with Gasteiger partial charge in [-0.05, 0) is 68.1 Å². The number of unbranched alkanes of at least 4 members (excludes halogenated alkanes) is 1. The van der Waals surface area contributed by atoms with Crippen LogP contribution in [0.4, 0.5) is 0 Å². The van der Waals surface area contributed by atoms with Gasteiger partial charge in [0.25, 0.3) is 5.91 Å². The molecule has 1 saturated heterocycles. The molecule has 0 aromatic heterocycles. The summed E-state index contributed by atoms with van der Waals surface area (Å²) in [5.41, 5.74) is -0.490. The van der Waals surface area contributed by atoms with E-state index in [0.717, 1.165) is 51.4 Å². The number of nitrogens with zero attached hydrogens (tertiary/aromatic N) is 4. The first-order valence-electron chi connectivity index (χ1n) is 23.7. The summed E-state index contributed by atoms with van der Waals surface area (Å²) in [6, 6.07) is -4.48. The number of nitrogens with one attached hydrogen (secondary N) is 3. The molecular weight excluding hydrogens is 803 g/mol.